The zero-order valence-corrected chi connectivity index (χ0v) is 24.7. The Hall–Kier alpha value is -3.55. The van der Waals surface area contributed by atoms with Crippen molar-refractivity contribution < 1.29 is 9.18 Å². The van der Waals surface area contributed by atoms with Crippen LogP contribution < -0.4 is 5.56 Å². The zero-order chi connectivity index (χ0) is 29.2. The van der Waals surface area contributed by atoms with E-state index in [-0.39, 0.29) is 21.9 Å². The summed E-state index contributed by atoms with van der Waals surface area (Å²) in [5, 5.41) is 0.321. The number of hydrogen-bond donors (Lipinski definition) is 0. The molecule has 0 radical (unpaired) electrons. The van der Waals surface area contributed by atoms with Gasteiger partial charge in [-0.2, -0.15) is 0 Å². The molecule has 0 aliphatic carbocycles. The minimum atomic E-state index is -0.581. The van der Waals surface area contributed by atoms with Crippen molar-refractivity contribution in [2.24, 2.45) is 0 Å². The van der Waals surface area contributed by atoms with Gasteiger partial charge in [-0.3, -0.25) is 14.2 Å². The second kappa shape index (κ2) is 11.9. The number of rotatable bonds is 8. The molecule has 4 rings (SSSR count). The fourth-order valence-corrected chi connectivity index (χ4v) is 4.95. The van der Waals surface area contributed by atoms with E-state index in [0.29, 0.717) is 47.5 Å². The van der Waals surface area contributed by atoms with Gasteiger partial charge in [-0.1, -0.05) is 63.6 Å². The van der Waals surface area contributed by atoms with Gasteiger partial charge in [0, 0.05) is 18.7 Å². The van der Waals surface area contributed by atoms with Crippen LogP contribution in [0.3, 0.4) is 0 Å². The Bertz CT molecular complexity index is 1580. The van der Waals surface area contributed by atoms with Crippen LogP contribution in [0, 0.1) is 5.82 Å². The zero-order valence-electron chi connectivity index (χ0n) is 23.9. The number of amides is 1. The van der Waals surface area contributed by atoms with Crippen molar-refractivity contribution in [1.29, 1.82) is 0 Å². The van der Waals surface area contributed by atoms with Gasteiger partial charge in [-0.25, -0.2) is 9.37 Å². The maximum Gasteiger partial charge on any atom is 0.266 e. The summed E-state index contributed by atoms with van der Waals surface area (Å²) in [5.74, 6) is -0.338. The third-order valence-corrected chi connectivity index (χ3v) is 7.36. The highest BCUT2D eigenvalue weighted by Crippen LogP contribution is 2.29. The summed E-state index contributed by atoms with van der Waals surface area (Å²) in [6, 6.07) is 18.4. The van der Waals surface area contributed by atoms with E-state index in [0.717, 1.165) is 5.56 Å². The predicted molar refractivity (Wildman–Crippen MR) is 160 cm³/mol. The van der Waals surface area contributed by atoms with Crippen LogP contribution in [0.15, 0.2) is 71.5 Å². The van der Waals surface area contributed by atoms with E-state index in [1.807, 2.05) is 56.3 Å². The molecule has 0 spiro atoms. The molecule has 0 saturated carbocycles. The predicted octanol–water partition coefficient (Wildman–Crippen LogP) is 6.63. The van der Waals surface area contributed by atoms with Gasteiger partial charge in [0.05, 0.1) is 27.7 Å². The van der Waals surface area contributed by atoms with Gasteiger partial charge in [0.15, 0.2) is 0 Å². The Morgan fingerprint density at radius 1 is 1.02 bits per heavy atom. The van der Waals surface area contributed by atoms with Crippen LogP contribution in [0.4, 0.5) is 4.39 Å². The van der Waals surface area contributed by atoms with Crippen LogP contribution in [-0.2, 0) is 5.41 Å². The number of hydrogen-bond acceptors (Lipinski definition) is 4. The summed E-state index contributed by atoms with van der Waals surface area (Å²) < 4.78 is 15.6. The minimum absolute atomic E-state index is 0.0420. The average molecular weight is 563 g/mol. The van der Waals surface area contributed by atoms with Crippen LogP contribution in [0.25, 0.3) is 16.6 Å². The molecule has 3 aromatic carbocycles. The van der Waals surface area contributed by atoms with Crippen LogP contribution in [0.2, 0.25) is 5.02 Å². The lowest BCUT2D eigenvalue weighted by Gasteiger charge is -2.33. The first-order valence-electron chi connectivity index (χ1n) is 13.5. The number of benzene rings is 3. The van der Waals surface area contributed by atoms with E-state index in [1.54, 1.807) is 23.1 Å². The molecule has 1 atom stereocenters. The Morgan fingerprint density at radius 3 is 2.30 bits per heavy atom. The molecule has 8 heteroatoms. The second-order valence-corrected chi connectivity index (χ2v) is 11.7. The number of nitrogens with zero attached hydrogens (tertiary/aromatic N) is 4. The lowest BCUT2D eigenvalue weighted by atomic mass is 9.86. The molecule has 0 bridgehead atoms. The largest absolute Gasteiger partial charge is 0.327 e. The monoisotopic (exact) mass is 562 g/mol. The van der Waals surface area contributed by atoms with Crippen molar-refractivity contribution in [1.82, 2.24) is 19.4 Å². The Labute approximate surface area is 240 Å². The fourth-order valence-electron chi connectivity index (χ4n) is 4.77. The minimum Gasteiger partial charge on any atom is -0.327 e. The quantitative estimate of drug-likeness (QED) is 0.242. The molecule has 0 fully saturated rings. The van der Waals surface area contributed by atoms with Gasteiger partial charge in [0.25, 0.3) is 11.5 Å². The van der Waals surface area contributed by atoms with Crippen molar-refractivity contribution >= 4 is 28.4 Å². The van der Waals surface area contributed by atoms with E-state index >= 15 is 0 Å². The van der Waals surface area contributed by atoms with Gasteiger partial charge in [0.1, 0.15) is 11.6 Å². The summed E-state index contributed by atoms with van der Waals surface area (Å²) >= 11 is 6.14. The first-order chi connectivity index (χ1) is 18.9. The molecular weight excluding hydrogens is 527 g/mol. The van der Waals surface area contributed by atoms with Crippen LogP contribution in [0.5, 0.6) is 0 Å². The number of carbonyl (C=O) groups is 1. The van der Waals surface area contributed by atoms with Crippen LogP contribution in [-0.4, -0.2) is 52.4 Å². The van der Waals surface area contributed by atoms with Gasteiger partial charge < -0.3 is 9.80 Å². The summed E-state index contributed by atoms with van der Waals surface area (Å²) in [7, 11) is 3.90. The molecule has 1 amide bonds. The molecule has 1 aromatic heterocycles. The van der Waals surface area contributed by atoms with E-state index in [2.05, 4.69) is 20.8 Å². The van der Waals surface area contributed by atoms with E-state index in [4.69, 9.17) is 16.6 Å². The Morgan fingerprint density at radius 2 is 1.70 bits per heavy atom. The molecule has 40 heavy (non-hydrogen) atoms. The lowest BCUT2D eigenvalue weighted by Crippen LogP contribution is -2.41. The number of aromatic nitrogens is 2. The molecule has 0 N–H and O–H groups in total. The van der Waals surface area contributed by atoms with Crippen molar-refractivity contribution in [2.45, 2.75) is 45.6 Å². The van der Waals surface area contributed by atoms with Crippen LogP contribution >= 0.6 is 11.6 Å². The number of fused-ring (bicyclic) bond motifs is 1. The SMILES string of the molecule is CCC(c1nc2ccccc2c(=O)n1-c1ccc(F)c(Cl)c1)N(CCN(C)C)C(=O)c1ccc(C(C)(C)C)cc1. The van der Waals surface area contributed by atoms with Crippen molar-refractivity contribution in [3.63, 3.8) is 0 Å². The topological polar surface area (TPSA) is 58.4 Å². The molecular formula is C32H36ClFN4O2. The molecule has 0 saturated heterocycles. The summed E-state index contributed by atoms with van der Waals surface area (Å²) in [4.78, 5) is 36.7. The molecule has 210 valence electrons. The third-order valence-electron chi connectivity index (χ3n) is 7.07. The second-order valence-electron chi connectivity index (χ2n) is 11.3. The standard InChI is InChI=1S/C32H36ClFN4O2/c1-7-28(37(19-18-36(5)6)30(39)21-12-14-22(15-13-21)32(2,3)4)29-35-27-11-9-8-10-24(27)31(40)38(29)23-16-17-26(34)25(33)20-23/h8-17,20,28H,7,18-19H2,1-6H3. The molecule has 4 aromatic rings. The smallest absolute Gasteiger partial charge is 0.266 e. The number of para-hydroxylation sites is 1. The number of halogens is 2. The summed E-state index contributed by atoms with van der Waals surface area (Å²) in [5.41, 5.74) is 2.26. The first-order valence-corrected chi connectivity index (χ1v) is 13.8. The molecule has 1 heterocycles. The van der Waals surface area contributed by atoms with Crippen molar-refractivity contribution in [2.75, 3.05) is 27.2 Å². The lowest BCUT2D eigenvalue weighted by molar-refractivity contribution is 0.0644. The molecule has 0 aliphatic heterocycles. The number of likely N-dealkylation sites (N-methyl/N-ethyl adjacent to an activating group) is 1. The van der Waals surface area contributed by atoms with Gasteiger partial charge in [0.2, 0.25) is 0 Å². The molecule has 1 unspecified atom stereocenters. The number of carbonyl (C=O) groups excluding carboxylic acids is 1. The summed E-state index contributed by atoms with van der Waals surface area (Å²) in [6.07, 6.45) is 0.499. The van der Waals surface area contributed by atoms with Gasteiger partial charge in [-0.15, -0.1) is 0 Å². The highest BCUT2D eigenvalue weighted by Gasteiger charge is 2.30. The Kier molecular flexibility index (Phi) is 8.76. The maximum absolute atomic E-state index is 14.1. The molecule has 6 nitrogen and oxygen atoms in total. The average Bonchev–Trinajstić information content (AvgIpc) is 2.92. The highest BCUT2D eigenvalue weighted by atomic mass is 35.5. The van der Waals surface area contributed by atoms with Crippen molar-refractivity contribution in [3.05, 3.63) is 105 Å². The fraction of sp³-hybridized carbons (Fsp3) is 0.344. The van der Waals surface area contributed by atoms with E-state index in [9.17, 15) is 14.0 Å². The molecule has 0 aliphatic rings. The third kappa shape index (κ3) is 6.11. The van der Waals surface area contributed by atoms with Crippen LogP contribution in [0.1, 0.15) is 61.9 Å². The van der Waals surface area contributed by atoms with Gasteiger partial charge >= 0.3 is 0 Å². The first kappa shape index (κ1) is 29.4. The van der Waals surface area contributed by atoms with E-state index in [1.165, 1.54) is 22.8 Å². The van der Waals surface area contributed by atoms with Crippen molar-refractivity contribution in [3.8, 4) is 5.69 Å². The normalized spacial score (nSPS) is 12.6. The van der Waals surface area contributed by atoms with E-state index < -0.39 is 11.9 Å². The summed E-state index contributed by atoms with van der Waals surface area (Å²) in [6.45, 7) is 9.39. The Balaban J connectivity index is 1.91. The van der Waals surface area contributed by atoms with Gasteiger partial charge in [-0.05, 0) is 74.0 Å². The maximum atomic E-state index is 14.1. The highest BCUT2D eigenvalue weighted by molar-refractivity contribution is 6.30.